The largest absolute Gasteiger partial charge is 0.456 e. The van der Waals surface area contributed by atoms with E-state index in [4.69, 9.17) is 9.47 Å². The second-order valence-electron chi connectivity index (χ2n) is 14.5. The maximum absolute atomic E-state index is 6.37. The van der Waals surface area contributed by atoms with Crippen LogP contribution in [0.4, 0.5) is 0 Å². The number of imidazole rings is 2. The molecule has 0 N–H and O–H groups in total. The number of hydrogen-bond acceptors (Lipinski definition) is 8. The zero-order valence-corrected chi connectivity index (χ0v) is 33.1. The summed E-state index contributed by atoms with van der Waals surface area (Å²) in [5, 5.41) is 0. The standard InChI is InChI=1S/C48H36N10O2/c1-31-17-35(18-32(2)53-31)55-29-57(47-11-7-5-9-45(47)55)37-21-41(27-49-25-37)59-39-13-15-51-43(23-39)44-24-40(14-16-52-44)60-42-22-38(26-50-28-42)58-30-56(46-10-6-8-12-48(46)58)36-19-33(3)54-34(4)20-36/h5-28H,1-4H3. The van der Waals surface area contributed by atoms with Crippen molar-refractivity contribution in [2.24, 2.45) is 0 Å². The Kier molecular flexibility index (Phi) is 9.06. The number of benzene rings is 2. The van der Waals surface area contributed by atoms with Gasteiger partial charge in [0.25, 0.3) is 12.7 Å². The highest BCUT2D eigenvalue weighted by Gasteiger charge is 2.16. The van der Waals surface area contributed by atoms with Crippen LogP contribution in [-0.2, 0) is 0 Å². The number of rotatable bonds is 9. The van der Waals surface area contributed by atoms with Crippen molar-refractivity contribution in [2.45, 2.75) is 27.7 Å². The average Bonchev–Trinajstić information content (AvgIpc) is 3.84. The van der Waals surface area contributed by atoms with Crippen molar-refractivity contribution < 1.29 is 18.6 Å². The third kappa shape index (κ3) is 7.06. The Labute approximate surface area is 345 Å². The Morgan fingerprint density at radius 3 is 1.32 bits per heavy atom. The minimum atomic E-state index is 0.555. The van der Waals surface area contributed by atoms with Gasteiger partial charge in [0, 0.05) is 59.7 Å². The van der Waals surface area contributed by atoms with Crippen molar-refractivity contribution in [3.05, 3.63) is 182 Å². The lowest BCUT2D eigenvalue weighted by Crippen LogP contribution is -2.29. The molecule has 0 fully saturated rings. The predicted octanol–water partition coefficient (Wildman–Crippen LogP) is 8.58. The van der Waals surface area contributed by atoms with Gasteiger partial charge >= 0.3 is 0 Å². The van der Waals surface area contributed by atoms with Crippen LogP contribution >= 0.6 is 0 Å². The normalized spacial score (nSPS) is 11.3. The van der Waals surface area contributed by atoms with E-state index in [1.165, 1.54) is 0 Å². The zero-order chi connectivity index (χ0) is 40.7. The topological polar surface area (TPSA) is 113 Å². The number of aromatic nitrogens is 10. The minimum absolute atomic E-state index is 0.555. The molecule has 10 rings (SSSR count). The SMILES string of the molecule is Cc1cc(-n2[c-][n+](-c3cncc(Oc4ccnc(-c5cc(Oc6cncc(-[n+]7[c-]n(-c8cc(C)nc(C)c8)c8ccccc87)c6)ccn5)c4)c3)c3ccccc32)cc(C)n1. The molecule has 12 nitrogen and oxygen atoms in total. The summed E-state index contributed by atoms with van der Waals surface area (Å²) >= 11 is 0. The number of fused-ring (bicyclic) bond motifs is 2. The predicted molar refractivity (Wildman–Crippen MR) is 225 cm³/mol. The highest BCUT2D eigenvalue weighted by molar-refractivity contribution is 5.75. The molecule has 290 valence electrons. The maximum atomic E-state index is 6.37. The van der Waals surface area contributed by atoms with Crippen LogP contribution in [0.1, 0.15) is 22.8 Å². The highest BCUT2D eigenvalue weighted by Crippen LogP contribution is 2.30. The lowest BCUT2D eigenvalue weighted by Gasteiger charge is -2.10. The Bertz CT molecular complexity index is 2990. The summed E-state index contributed by atoms with van der Waals surface area (Å²) in [6.45, 7) is 7.98. The fraction of sp³-hybridized carbons (Fsp3) is 0.0833. The van der Waals surface area contributed by atoms with Gasteiger partial charge in [-0.05, 0) is 76.2 Å². The Balaban J connectivity index is 0.902. The molecule has 0 unspecified atom stereocenters. The van der Waals surface area contributed by atoms with Crippen LogP contribution in [0.2, 0.25) is 0 Å². The summed E-state index contributed by atoms with van der Waals surface area (Å²) < 4.78 is 20.8. The number of aryl methyl sites for hydroxylation is 4. The number of nitrogens with zero attached hydrogens (tertiary/aromatic N) is 10. The number of para-hydroxylation sites is 4. The lowest BCUT2D eigenvalue weighted by atomic mass is 10.2. The molecule has 12 heteroatoms. The van der Waals surface area contributed by atoms with Gasteiger partial charge in [-0.25, -0.2) is 0 Å². The number of pyridine rings is 6. The van der Waals surface area contributed by atoms with Crippen molar-refractivity contribution in [3.8, 4) is 57.1 Å². The number of ether oxygens (including phenoxy) is 2. The molecular weight excluding hydrogens is 749 g/mol. The van der Waals surface area contributed by atoms with Gasteiger partial charge in [-0.2, -0.15) is 0 Å². The Morgan fingerprint density at radius 1 is 0.467 bits per heavy atom. The van der Waals surface area contributed by atoms with Gasteiger partial charge in [-0.3, -0.25) is 48.2 Å². The van der Waals surface area contributed by atoms with Crippen molar-refractivity contribution in [3.63, 3.8) is 0 Å². The molecule has 0 radical (unpaired) electrons. The molecule has 10 aromatic rings. The first kappa shape index (κ1) is 36.2. The van der Waals surface area contributed by atoms with E-state index < -0.39 is 0 Å². The van der Waals surface area contributed by atoms with E-state index in [2.05, 4.69) is 91.1 Å². The maximum Gasteiger partial charge on any atom is 0.269 e. The van der Waals surface area contributed by atoms with E-state index in [1.807, 2.05) is 94.5 Å². The second kappa shape index (κ2) is 15.0. The smallest absolute Gasteiger partial charge is 0.269 e. The minimum Gasteiger partial charge on any atom is -0.456 e. The molecule has 0 amide bonds. The van der Waals surface area contributed by atoms with Crippen LogP contribution in [0.25, 0.3) is 56.2 Å². The monoisotopic (exact) mass is 784 g/mol. The van der Waals surface area contributed by atoms with E-state index in [-0.39, 0.29) is 0 Å². The van der Waals surface area contributed by atoms with Crippen molar-refractivity contribution in [1.29, 1.82) is 0 Å². The fourth-order valence-electron chi connectivity index (χ4n) is 7.44. The van der Waals surface area contributed by atoms with E-state index in [0.29, 0.717) is 34.4 Å². The van der Waals surface area contributed by atoms with E-state index in [1.54, 1.807) is 49.3 Å². The van der Waals surface area contributed by atoms with Gasteiger partial charge in [0.15, 0.2) is 0 Å². The molecule has 0 aliphatic carbocycles. The zero-order valence-electron chi connectivity index (χ0n) is 33.1. The van der Waals surface area contributed by atoms with Crippen LogP contribution < -0.4 is 18.6 Å². The van der Waals surface area contributed by atoms with Crippen LogP contribution in [0.3, 0.4) is 0 Å². The molecule has 0 bridgehead atoms. The van der Waals surface area contributed by atoms with Crippen molar-refractivity contribution in [1.82, 2.24) is 39.0 Å². The molecule has 2 aromatic carbocycles. The third-order valence-corrected chi connectivity index (χ3v) is 9.89. The molecule has 0 saturated carbocycles. The first-order valence-corrected chi connectivity index (χ1v) is 19.3. The molecule has 0 aliphatic heterocycles. The summed E-state index contributed by atoms with van der Waals surface area (Å²) in [7, 11) is 0. The third-order valence-electron chi connectivity index (χ3n) is 9.89. The summed E-state index contributed by atoms with van der Waals surface area (Å²) in [6, 6.07) is 35.7. The molecule has 0 atom stereocenters. The number of hydrogen-bond donors (Lipinski definition) is 0. The molecule has 0 saturated heterocycles. The van der Waals surface area contributed by atoms with E-state index in [9.17, 15) is 0 Å². The van der Waals surface area contributed by atoms with Crippen LogP contribution in [-0.4, -0.2) is 39.0 Å². The second-order valence-corrected chi connectivity index (χ2v) is 14.5. The quantitative estimate of drug-likeness (QED) is 0.106. The molecule has 0 aliphatic rings. The van der Waals surface area contributed by atoms with Crippen molar-refractivity contribution >= 4 is 22.1 Å². The van der Waals surface area contributed by atoms with Gasteiger partial charge in [0.2, 0.25) is 0 Å². The molecule has 60 heavy (non-hydrogen) atoms. The molecule has 8 aromatic heterocycles. The van der Waals surface area contributed by atoms with Gasteiger partial charge in [-0.15, -0.1) is 0 Å². The van der Waals surface area contributed by atoms with Gasteiger partial charge in [0.05, 0.1) is 68.6 Å². The van der Waals surface area contributed by atoms with Crippen LogP contribution in [0, 0.1) is 40.3 Å². The van der Waals surface area contributed by atoms with Crippen LogP contribution in [0.5, 0.6) is 23.0 Å². The van der Waals surface area contributed by atoms with E-state index in [0.717, 1.165) is 67.6 Å². The summed E-state index contributed by atoms with van der Waals surface area (Å²) in [5.74, 6) is 2.26. The first-order chi connectivity index (χ1) is 29.3. The fourth-order valence-corrected chi connectivity index (χ4v) is 7.44. The van der Waals surface area contributed by atoms with E-state index >= 15 is 0 Å². The lowest BCUT2D eigenvalue weighted by molar-refractivity contribution is -0.573. The summed E-state index contributed by atoms with van der Waals surface area (Å²) in [5.41, 5.74) is 12.5. The Hall–Kier alpha value is -8.12. The van der Waals surface area contributed by atoms with Gasteiger partial charge < -0.3 is 9.47 Å². The molecule has 0 spiro atoms. The average molecular weight is 785 g/mol. The Morgan fingerprint density at radius 2 is 0.883 bits per heavy atom. The van der Waals surface area contributed by atoms with Crippen molar-refractivity contribution in [2.75, 3.05) is 0 Å². The van der Waals surface area contributed by atoms with Gasteiger partial charge in [-0.1, -0.05) is 48.5 Å². The summed E-state index contributed by atoms with van der Waals surface area (Å²) in [6.07, 6.45) is 17.4. The van der Waals surface area contributed by atoms with Gasteiger partial charge in [0.1, 0.15) is 23.0 Å². The molecule has 8 heterocycles. The summed E-state index contributed by atoms with van der Waals surface area (Å²) in [4.78, 5) is 27.4. The highest BCUT2D eigenvalue weighted by atomic mass is 16.5. The van der Waals surface area contributed by atoms with Crippen LogP contribution in [0.15, 0.2) is 146 Å². The molecular formula is C48H36N10O2. The first-order valence-electron chi connectivity index (χ1n) is 19.3.